The highest BCUT2D eigenvalue weighted by Gasteiger charge is 2.17. The number of rotatable bonds is 6. The second-order valence-electron chi connectivity index (χ2n) is 14.5. The quantitative estimate of drug-likeness (QED) is 0.171. The van der Waals surface area contributed by atoms with Crippen LogP contribution in [0.1, 0.15) is 0 Å². The van der Waals surface area contributed by atoms with Gasteiger partial charge in [-0.1, -0.05) is 152 Å². The molecular weight excluding hydrogens is 693 g/mol. The van der Waals surface area contributed by atoms with Crippen LogP contribution in [-0.4, -0.2) is 19.5 Å². The van der Waals surface area contributed by atoms with E-state index < -0.39 is 0 Å². The van der Waals surface area contributed by atoms with Gasteiger partial charge in [0, 0.05) is 33.2 Å². The van der Waals surface area contributed by atoms with Crippen LogP contribution in [0.15, 0.2) is 206 Å². The van der Waals surface area contributed by atoms with E-state index in [1.165, 1.54) is 60.1 Å². The Balaban J connectivity index is 1.01. The Hall–Kier alpha value is -7.69. The summed E-state index contributed by atoms with van der Waals surface area (Å²) in [5.74, 6) is 1.94. The molecule has 0 aliphatic carbocycles. The minimum absolute atomic E-state index is 0.639. The SMILES string of the molecule is c1ccc(-c2ccc3cc(-c4ccc5ccc6c(c5c4)c4ccccc4n6-c4ccc(-c5nc(-c6ccccc6)nc(-c6ccccc6)n5)cc4)ccc3c2)cc1. The predicted molar refractivity (Wildman–Crippen MR) is 236 cm³/mol. The molecule has 2 heterocycles. The molecule has 4 heteroatoms. The lowest BCUT2D eigenvalue weighted by atomic mass is 9.95. The first-order chi connectivity index (χ1) is 28.2. The molecule has 0 bridgehead atoms. The van der Waals surface area contributed by atoms with E-state index in [9.17, 15) is 0 Å². The Morgan fingerprint density at radius 1 is 0.281 bits per heavy atom. The fourth-order valence-electron chi connectivity index (χ4n) is 8.18. The van der Waals surface area contributed by atoms with Gasteiger partial charge >= 0.3 is 0 Å². The zero-order chi connectivity index (χ0) is 37.7. The van der Waals surface area contributed by atoms with Crippen molar-refractivity contribution in [2.45, 2.75) is 0 Å². The molecule has 0 aliphatic heterocycles. The molecule has 0 amide bonds. The first kappa shape index (κ1) is 32.7. The fourth-order valence-corrected chi connectivity index (χ4v) is 8.18. The average Bonchev–Trinajstić information content (AvgIpc) is 3.64. The number of aromatic nitrogens is 4. The van der Waals surface area contributed by atoms with Crippen LogP contribution in [0.3, 0.4) is 0 Å². The highest BCUT2D eigenvalue weighted by Crippen LogP contribution is 2.39. The van der Waals surface area contributed by atoms with Crippen LogP contribution in [-0.2, 0) is 0 Å². The molecule has 0 saturated heterocycles. The van der Waals surface area contributed by atoms with Gasteiger partial charge in [0.25, 0.3) is 0 Å². The van der Waals surface area contributed by atoms with Gasteiger partial charge in [0.1, 0.15) is 0 Å². The van der Waals surface area contributed by atoms with Crippen molar-refractivity contribution in [2.24, 2.45) is 0 Å². The molecule has 4 nitrogen and oxygen atoms in total. The Bertz CT molecular complexity index is 3200. The Morgan fingerprint density at radius 2 is 0.719 bits per heavy atom. The van der Waals surface area contributed by atoms with E-state index >= 15 is 0 Å². The van der Waals surface area contributed by atoms with Crippen molar-refractivity contribution in [3.63, 3.8) is 0 Å². The number of nitrogens with zero attached hydrogens (tertiary/aromatic N) is 4. The maximum atomic E-state index is 4.96. The summed E-state index contributed by atoms with van der Waals surface area (Å²) in [6.07, 6.45) is 0. The lowest BCUT2D eigenvalue weighted by molar-refractivity contribution is 1.07. The summed E-state index contributed by atoms with van der Waals surface area (Å²) in [5, 5.41) is 7.40. The van der Waals surface area contributed by atoms with Crippen molar-refractivity contribution >= 4 is 43.4 Å². The van der Waals surface area contributed by atoms with E-state index in [1.54, 1.807) is 0 Å². The van der Waals surface area contributed by atoms with Crippen molar-refractivity contribution in [1.29, 1.82) is 0 Å². The van der Waals surface area contributed by atoms with Gasteiger partial charge in [-0.15, -0.1) is 0 Å². The maximum absolute atomic E-state index is 4.96. The van der Waals surface area contributed by atoms with Crippen LogP contribution >= 0.6 is 0 Å². The van der Waals surface area contributed by atoms with Gasteiger partial charge in [0.15, 0.2) is 17.5 Å². The van der Waals surface area contributed by atoms with E-state index in [4.69, 9.17) is 15.0 Å². The average molecular weight is 727 g/mol. The van der Waals surface area contributed by atoms with Crippen molar-refractivity contribution in [1.82, 2.24) is 19.5 Å². The molecule has 0 fully saturated rings. The van der Waals surface area contributed by atoms with Crippen LogP contribution in [0.25, 0.3) is 105 Å². The summed E-state index contributed by atoms with van der Waals surface area (Å²) in [4.78, 5) is 14.8. The lowest BCUT2D eigenvalue weighted by Gasteiger charge is -2.11. The van der Waals surface area contributed by atoms with Gasteiger partial charge in [0.05, 0.1) is 11.0 Å². The Morgan fingerprint density at radius 3 is 1.32 bits per heavy atom. The zero-order valence-electron chi connectivity index (χ0n) is 30.9. The molecule has 2 aromatic heterocycles. The number of para-hydroxylation sites is 1. The van der Waals surface area contributed by atoms with Crippen LogP contribution in [0.2, 0.25) is 0 Å². The highest BCUT2D eigenvalue weighted by molar-refractivity contribution is 6.22. The molecule has 0 spiro atoms. The summed E-state index contributed by atoms with van der Waals surface area (Å²) < 4.78 is 2.37. The van der Waals surface area contributed by atoms with Crippen molar-refractivity contribution in [3.05, 3.63) is 206 Å². The van der Waals surface area contributed by atoms with E-state index in [0.29, 0.717) is 17.5 Å². The van der Waals surface area contributed by atoms with E-state index in [0.717, 1.165) is 27.9 Å². The largest absolute Gasteiger partial charge is 0.309 e. The van der Waals surface area contributed by atoms with Crippen LogP contribution < -0.4 is 0 Å². The van der Waals surface area contributed by atoms with Gasteiger partial charge in [-0.25, -0.2) is 15.0 Å². The molecule has 0 N–H and O–H groups in total. The predicted octanol–water partition coefficient (Wildman–Crippen LogP) is 13.6. The van der Waals surface area contributed by atoms with Crippen molar-refractivity contribution in [3.8, 4) is 62.1 Å². The van der Waals surface area contributed by atoms with E-state index in [1.807, 2.05) is 60.7 Å². The Labute approximate surface area is 330 Å². The summed E-state index contributed by atoms with van der Waals surface area (Å²) in [6, 6.07) is 73.0. The third-order valence-electron chi connectivity index (χ3n) is 11.0. The topological polar surface area (TPSA) is 43.6 Å². The Kier molecular flexibility index (Phi) is 7.78. The van der Waals surface area contributed by atoms with Gasteiger partial charge < -0.3 is 4.57 Å². The molecule has 57 heavy (non-hydrogen) atoms. The summed E-state index contributed by atoms with van der Waals surface area (Å²) in [5.41, 5.74) is 11.1. The molecular formula is C53H34N4. The lowest BCUT2D eigenvalue weighted by Crippen LogP contribution is -2.00. The minimum Gasteiger partial charge on any atom is -0.309 e. The summed E-state index contributed by atoms with van der Waals surface area (Å²) >= 11 is 0. The highest BCUT2D eigenvalue weighted by atomic mass is 15.0. The summed E-state index contributed by atoms with van der Waals surface area (Å²) in [6.45, 7) is 0. The van der Waals surface area contributed by atoms with E-state index in [-0.39, 0.29) is 0 Å². The number of hydrogen-bond donors (Lipinski definition) is 0. The maximum Gasteiger partial charge on any atom is 0.164 e. The van der Waals surface area contributed by atoms with Crippen LogP contribution in [0.5, 0.6) is 0 Å². The van der Waals surface area contributed by atoms with Crippen LogP contribution in [0, 0.1) is 0 Å². The number of hydrogen-bond acceptors (Lipinski definition) is 3. The number of fused-ring (bicyclic) bond motifs is 6. The number of benzene rings is 9. The monoisotopic (exact) mass is 726 g/mol. The standard InChI is InChI=1S/C53H34N4/c1-4-12-35(13-5-1)40-22-23-42-33-43(25-24-41(42)32-40)44-21-20-36-28-31-49-50(47(36)34-44)46-18-10-11-19-48(46)57(49)45-29-26-39(27-30-45)53-55-51(37-14-6-2-7-15-37)54-52(56-53)38-16-8-3-9-17-38/h1-34H. The second-order valence-corrected chi connectivity index (χ2v) is 14.5. The van der Waals surface area contributed by atoms with Crippen molar-refractivity contribution in [2.75, 3.05) is 0 Å². The zero-order valence-corrected chi connectivity index (χ0v) is 30.9. The van der Waals surface area contributed by atoms with E-state index in [2.05, 4.69) is 150 Å². The fraction of sp³-hybridized carbons (Fsp3) is 0. The first-order valence-corrected chi connectivity index (χ1v) is 19.3. The van der Waals surface area contributed by atoms with Crippen molar-refractivity contribution < 1.29 is 0 Å². The van der Waals surface area contributed by atoms with Gasteiger partial charge in [-0.3, -0.25) is 0 Å². The molecule has 0 aliphatic rings. The third kappa shape index (κ3) is 5.83. The molecule has 9 aromatic carbocycles. The first-order valence-electron chi connectivity index (χ1n) is 19.3. The molecule has 0 radical (unpaired) electrons. The van der Waals surface area contributed by atoms with Crippen LogP contribution in [0.4, 0.5) is 0 Å². The van der Waals surface area contributed by atoms with Gasteiger partial charge in [-0.05, 0) is 98.4 Å². The summed E-state index contributed by atoms with van der Waals surface area (Å²) in [7, 11) is 0. The molecule has 266 valence electrons. The second kappa shape index (κ2) is 13.6. The molecule has 0 atom stereocenters. The molecule has 11 aromatic rings. The van der Waals surface area contributed by atoms with Gasteiger partial charge in [-0.2, -0.15) is 0 Å². The minimum atomic E-state index is 0.639. The molecule has 0 saturated carbocycles. The molecule has 11 rings (SSSR count). The molecule has 0 unspecified atom stereocenters. The van der Waals surface area contributed by atoms with Gasteiger partial charge in [0.2, 0.25) is 0 Å². The third-order valence-corrected chi connectivity index (χ3v) is 11.0. The normalized spacial score (nSPS) is 11.5. The smallest absolute Gasteiger partial charge is 0.164 e.